The summed E-state index contributed by atoms with van der Waals surface area (Å²) in [4.78, 5) is 28.6. The molecule has 0 bridgehead atoms. The molecule has 0 saturated carbocycles. The molecule has 2 aliphatic heterocycles. The van der Waals surface area contributed by atoms with Crippen molar-refractivity contribution >= 4 is 24.2 Å². The number of nitrogens with zero attached hydrogens (tertiary/aromatic N) is 2. The van der Waals surface area contributed by atoms with Crippen LogP contribution in [0.2, 0.25) is 0 Å². The van der Waals surface area contributed by atoms with E-state index < -0.39 is 0 Å². The molecule has 2 fully saturated rings. The van der Waals surface area contributed by atoms with Crippen LogP contribution in [0.15, 0.2) is 24.3 Å². The van der Waals surface area contributed by atoms with Gasteiger partial charge in [-0.1, -0.05) is 19.1 Å². The van der Waals surface area contributed by atoms with Crippen LogP contribution in [0.3, 0.4) is 0 Å². The van der Waals surface area contributed by atoms with Crippen molar-refractivity contribution in [3.8, 4) is 0 Å². The van der Waals surface area contributed by atoms with Crippen LogP contribution in [0.25, 0.3) is 0 Å². The van der Waals surface area contributed by atoms with Gasteiger partial charge in [0.2, 0.25) is 5.91 Å². The molecule has 0 aliphatic carbocycles. The molecule has 1 unspecified atom stereocenters. The van der Waals surface area contributed by atoms with Crippen LogP contribution in [-0.4, -0.2) is 74.1 Å². The third-order valence-corrected chi connectivity index (χ3v) is 5.49. The second-order valence-electron chi connectivity index (χ2n) is 7.85. The lowest BCUT2D eigenvalue weighted by Crippen LogP contribution is -2.40. The standard InChI is InChI=1S/C20H30N4O3.ClH/c1-20(14-21)6-7-23(15-20)13-18(25)22-12-16-2-4-17(5-3-16)19(26)24-8-10-27-11-9-24;/h2-5H,6-15,21H2,1H3,(H,22,25);1H. The first-order valence-corrected chi connectivity index (χ1v) is 9.64. The van der Waals surface area contributed by atoms with Crippen LogP contribution in [0.4, 0.5) is 0 Å². The number of hydrogen-bond acceptors (Lipinski definition) is 5. The van der Waals surface area contributed by atoms with Crippen molar-refractivity contribution in [3.05, 3.63) is 35.4 Å². The van der Waals surface area contributed by atoms with E-state index in [4.69, 9.17) is 10.5 Å². The Labute approximate surface area is 173 Å². The number of morpholine rings is 1. The Morgan fingerprint density at radius 3 is 2.46 bits per heavy atom. The molecule has 0 aromatic heterocycles. The van der Waals surface area contributed by atoms with Crippen LogP contribution in [0.1, 0.15) is 29.3 Å². The average molecular weight is 411 g/mol. The van der Waals surface area contributed by atoms with E-state index in [0.717, 1.165) is 25.1 Å². The molecule has 3 N–H and O–H groups in total. The van der Waals surface area contributed by atoms with E-state index in [9.17, 15) is 9.59 Å². The van der Waals surface area contributed by atoms with Crippen LogP contribution < -0.4 is 11.1 Å². The molecule has 8 heteroatoms. The number of nitrogens with two attached hydrogens (primary N) is 1. The van der Waals surface area contributed by atoms with Gasteiger partial charge in [-0.25, -0.2) is 0 Å². The molecule has 2 aliphatic rings. The third-order valence-electron chi connectivity index (χ3n) is 5.49. The lowest BCUT2D eigenvalue weighted by atomic mass is 9.90. The second-order valence-corrected chi connectivity index (χ2v) is 7.85. The van der Waals surface area contributed by atoms with E-state index in [2.05, 4.69) is 17.1 Å². The molecule has 3 rings (SSSR count). The number of halogens is 1. The molecule has 0 radical (unpaired) electrons. The van der Waals surface area contributed by atoms with Gasteiger partial charge in [0.05, 0.1) is 19.8 Å². The van der Waals surface area contributed by atoms with Crippen molar-refractivity contribution < 1.29 is 14.3 Å². The number of rotatable bonds is 6. The molecular weight excluding hydrogens is 380 g/mol. The minimum atomic E-state index is 0. The number of amides is 2. The Balaban J connectivity index is 0.00000280. The molecule has 1 aromatic rings. The largest absolute Gasteiger partial charge is 0.378 e. The highest BCUT2D eigenvalue weighted by Gasteiger charge is 2.33. The van der Waals surface area contributed by atoms with Gasteiger partial charge in [-0.05, 0) is 42.6 Å². The highest BCUT2D eigenvalue weighted by atomic mass is 35.5. The van der Waals surface area contributed by atoms with E-state index in [0.29, 0.717) is 51.5 Å². The third kappa shape index (κ3) is 5.91. The van der Waals surface area contributed by atoms with Crippen LogP contribution in [-0.2, 0) is 16.1 Å². The smallest absolute Gasteiger partial charge is 0.254 e. The molecule has 2 amide bonds. The number of carbonyl (C=O) groups excluding carboxylic acids is 2. The van der Waals surface area contributed by atoms with Crippen molar-refractivity contribution in [2.75, 3.05) is 52.5 Å². The van der Waals surface area contributed by atoms with Crippen LogP contribution in [0.5, 0.6) is 0 Å². The predicted octanol–water partition coefficient (Wildman–Crippen LogP) is 0.868. The fraction of sp³-hybridized carbons (Fsp3) is 0.600. The Morgan fingerprint density at radius 1 is 1.18 bits per heavy atom. The summed E-state index contributed by atoms with van der Waals surface area (Å²) in [5.41, 5.74) is 7.60. The minimum Gasteiger partial charge on any atom is -0.378 e. The summed E-state index contributed by atoms with van der Waals surface area (Å²) in [5.74, 6) is 0.0515. The van der Waals surface area contributed by atoms with Gasteiger partial charge in [-0.2, -0.15) is 0 Å². The maximum Gasteiger partial charge on any atom is 0.254 e. The van der Waals surface area contributed by atoms with Crippen molar-refractivity contribution in [2.45, 2.75) is 19.9 Å². The molecule has 2 heterocycles. The lowest BCUT2D eigenvalue weighted by Gasteiger charge is -2.26. The molecule has 1 aromatic carbocycles. The number of likely N-dealkylation sites (tertiary alicyclic amines) is 1. The zero-order chi connectivity index (χ0) is 19.3. The number of nitrogens with one attached hydrogen (secondary N) is 1. The highest BCUT2D eigenvalue weighted by molar-refractivity contribution is 5.94. The topological polar surface area (TPSA) is 87.9 Å². The summed E-state index contributed by atoms with van der Waals surface area (Å²) >= 11 is 0. The minimum absolute atomic E-state index is 0. The fourth-order valence-corrected chi connectivity index (χ4v) is 3.60. The van der Waals surface area contributed by atoms with Crippen molar-refractivity contribution in [1.29, 1.82) is 0 Å². The van der Waals surface area contributed by atoms with Crippen molar-refractivity contribution in [2.24, 2.45) is 11.1 Å². The van der Waals surface area contributed by atoms with E-state index >= 15 is 0 Å². The summed E-state index contributed by atoms with van der Waals surface area (Å²) in [6, 6.07) is 7.45. The maximum absolute atomic E-state index is 12.4. The first-order chi connectivity index (χ1) is 13.0. The van der Waals surface area contributed by atoms with Crippen LogP contribution >= 0.6 is 12.4 Å². The average Bonchev–Trinajstić information content (AvgIpc) is 3.08. The first kappa shape index (κ1) is 22.6. The fourth-order valence-electron chi connectivity index (χ4n) is 3.60. The Bertz CT molecular complexity index is 664. The summed E-state index contributed by atoms with van der Waals surface area (Å²) in [7, 11) is 0. The summed E-state index contributed by atoms with van der Waals surface area (Å²) in [5, 5.41) is 2.96. The zero-order valence-corrected chi connectivity index (χ0v) is 17.3. The zero-order valence-electron chi connectivity index (χ0n) is 16.5. The quantitative estimate of drug-likeness (QED) is 0.726. The summed E-state index contributed by atoms with van der Waals surface area (Å²) in [6.45, 7) is 7.94. The molecule has 28 heavy (non-hydrogen) atoms. The number of hydrogen-bond donors (Lipinski definition) is 2. The normalized spacial score (nSPS) is 22.6. The highest BCUT2D eigenvalue weighted by Crippen LogP contribution is 2.27. The molecule has 7 nitrogen and oxygen atoms in total. The van der Waals surface area contributed by atoms with Gasteiger partial charge in [0.25, 0.3) is 5.91 Å². The number of carbonyl (C=O) groups is 2. The Hall–Kier alpha value is -1.67. The number of benzene rings is 1. The molecular formula is C20H31ClN4O3. The van der Waals surface area contributed by atoms with Gasteiger partial charge in [-0.15, -0.1) is 12.4 Å². The van der Waals surface area contributed by atoms with Gasteiger partial charge in [0, 0.05) is 31.7 Å². The molecule has 0 spiro atoms. The Kier molecular flexibility index (Phi) is 8.24. The van der Waals surface area contributed by atoms with Gasteiger partial charge in [0.1, 0.15) is 0 Å². The van der Waals surface area contributed by atoms with Crippen molar-refractivity contribution in [1.82, 2.24) is 15.1 Å². The SMILES string of the molecule is CC1(CN)CCN(CC(=O)NCc2ccc(C(=O)N3CCOCC3)cc2)C1.Cl. The van der Waals surface area contributed by atoms with Gasteiger partial charge in [-0.3, -0.25) is 14.5 Å². The number of ether oxygens (including phenoxy) is 1. The molecule has 156 valence electrons. The molecule has 1 atom stereocenters. The lowest BCUT2D eigenvalue weighted by molar-refractivity contribution is -0.122. The van der Waals surface area contributed by atoms with E-state index in [-0.39, 0.29) is 29.6 Å². The van der Waals surface area contributed by atoms with Gasteiger partial charge in [0.15, 0.2) is 0 Å². The van der Waals surface area contributed by atoms with Crippen LogP contribution in [0, 0.1) is 5.41 Å². The first-order valence-electron chi connectivity index (χ1n) is 9.64. The van der Waals surface area contributed by atoms with Crippen molar-refractivity contribution in [3.63, 3.8) is 0 Å². The monoisotopic (exact) mass is 410 g/mol. The maximum atomic E-state index is 12.4. The van der Waals surface area contributed by atoms with E-state index in [1.165, 1.54) is 0 Å². The van der Waals surface area contributed by atoms with E-state index in [1.54, 1.807) is 0 Å². The Morgan fingerprint density at radius 2 is 1.86 bits per heavy atom. The summed E-state index contributed by atoms with van der Waals surface area (Å²) < 4.78 is 5.28. The van der Waals surface area contributed by atoms with Gasteiger partial charge < -0.3 is 20.7 Å². The summed E-state index contributed by atoms with van der Waals surface area (Å²) in [6.07, 6.45) is 1.04. The van der Waals surface area contributed by atoms with E-state index in [1.807, 2.05) is 29.2 Å². The second kappa shape index (κ2) is 10.2. The predicted molar refractivity (Wildman–Crippen MR) is 110 cm³/mol. The molecule has 2 saturated heterocycles. The van der Waals surface area contributed by atoms with Gasteiger partial charge >= 0.3 is 0 Å².